The smallest absolute Gasteiger partial charge is 0.260 e. The van der Waals surface area contributed by atoms with Crippen molar-refractivity contribution in [1.82, 2.24) is 25.1 Å². The number of hydrogen-bond donors (Lipinski definition) is 1. The van der Waals surface area contributed by atoms with Gasteiger partial charge in [-0.2, -0.15) is 0 Å². The van der Waals surface area contributed by atoms with Crippen molar-refractivity contribution in [2.75, 3.05) is 19.7 Å². The number of carbonyl (C=O) groups excluding carboxylic acids is 1. The Morgan fingerprint density at radius 3 is 2.50 bits per heavy atom. The Morgan fingerprint density at radius 2 is 1.96 bits per heavy atom. The van der Waals surface area contributed by atoms with Crippen LogP contribution in [0.5, 0.6) is 5.75 Å². The van der Waals surface area contributed by atoms with Crippen LogP contribution in [0.3, 0.4) is 0 Å². The second kappa shape index (κ2) is 5.86. The average Bonchev–Trinajstić information content (AvgIpc) is 3.12. The molecule has 0 spiro atoms. The summed E-state index contributed by atoms with van der Waals surface area (Å²) in [6.07, 6.45) is 1.50. The third kappa shape index (κ3) is 3.09. The van der Waals surface area contributed by atoms with Crippen molar-refractivity contribution in [2.24, 2.45) is 5.41 Å². The lowest BCUT2D eigenvalue weighted by molar-refractivity contribution is -0.133. The van der Waals surface area contributed by atoms with Crippen molar-refractivity contribution < 1.29 is 14.6 Å². The van der Waals surface area contributed by atoms with E-state index >= 15 is 0 Å². The molecule has 0 radical (unpaired) electrons. The summed E-state index contributed by atoms with van der Waals surface area (Å²) in [5, 5.41) is 21.4. The Kier molecular flexibility index (Phi) is 4.00. The van der Waals surface area contributed by atoms with E-state index in [9.17, 15) is 9.90 Å². The van der Waals surface area contributed by atoms with Crippen molar-refractivity contribution in [1.29, 1.82) is 0 Å². The number of β-amino-alcohol motifs (C(OH)–C–C–N with tert-alkyl or cyclic N) is 1. The number of likely N-dealkylation sites (tertiary alicyclic amines) is 1. The maximum absolute atomic E-state index is 12.3. The molecule has 1 aliphatic heterocycles. The minimum Gasteiger partial charge on any atom is -0.484 e. The van der Waals surface area contributed by atoms with Crippen molar-refractivity contribution in [3.63, 3.8) is 0 Å². The molecule has 0 aliphatic carbocycles. The molecule has 0 saturated carbocycles. The molecule has 2 aromatic rings. The van der Waals surface area contributed by atoms with E-state index in [1.54, 1.807) is 36.1 Å². The first kappa shape index (κ1) is 16.4. The molecule has 1 aromatic heterocycles. The number of benzene rings is 1. The largest absolute Gasteiger partial charge is 0.484 e. The van der Waals surface area contributed by atoms with Gasteiger partial charge in [-0.3, -0.25) is 4.79 Å². The Morgan fingerprint density at radius 1 is 1.25 bits per heavy atom. The van der Waals surface area contributed by atoms with E-state index in [1.165, 1.54) is 11.0 Å². The molecule has 24 heavy (non-hydrogen) atoms. The average molecular weight is 331 g/mol. The molecular formula is C16H21N5O3. The predicted molar refractivity (Wildman–Crippen MR) is 85.6 cm³/mol. The van der Waals surface area contributed by atoms with Crippen LogP contribution in [0.1, 0.15) is 20.8 Å². The van der Waals surface area contributed by atoms with E-state index in [2.05, 4.69) is 15.5 Å². The number of hydrogen-bond acceptors (Lipinski definition) is 6. The monoisotopic (exact) mass is 331 g/mol. The standard InChI is InChI=1S/C16H21N5O3/c1-15(2)9-20(10-16(15,3)23)14(22)8-24-13-6-4-12(5-7-13)21-11-17-18-19-21/h4-7,11,23H,8-10H2,1-3H3. The summed E-state index contributed by atoms with van der Waals surface area (Å²) in [7, 11) is 0. The molecule has 1 atom stereocenters. The van der Waals surface area contributed by atoms with Gasteiger partial charge in [0.05, 0.1) is 11.3 Å². The fourth-order valence-corrected chi connectivity index (χ4v) is 2.68. The Labute approximate surface area is 140 Å². The van der Waals surface area contributed by atoms with Gasteiger partial charge in [-0.05, 0) is 41.6 Å². The molecule has 0 bridgehead atoms. The maximum atomic E-state index is 12.3. The van der Waals surface area contributed by atoms with Gasteiger partial charge in [0.15, 0.2) is 6.61 Å². The Bertz CT molecular complexity index is 694. The molecule has 3 rings (SSSR count). The van der Waals surface area contributed by atoms with Gasteiger partial charge in [0.1, 0.15) is 12.1 Å². The minimum atomic E-state index is -0.893. The second-order valence-electron chi connectivity index (χ2n) is 6.94. The zero-order valence-corrected chi connectivity index (χ0v) is 14.0. The number of aliphatic hydroxyl groups is 1. The molecule has 1 aliphatic rings. The first-order valence-corrected chi connectivity index (χ1v) is 7.75. The van der Waals surface area contributed by atoms with E-state index in [-0.39, 0.29) is 17.9 Å². The van der Waals surface area contributed by atoms with Gasteiger partial charge in [0, 0.05) is 18.5 Å². The summed E-state index contributed by atoms with van der Waals surface area (Å²) in [5.74, 6) is 0.454. The van der Waals surface area contributed by atoms with Gasteiger partial charge in [0.2, 0.25) is 0 Å². The van der Waals surface area contributed by atoms with Crippen LogP contribution in [0.2, 0.25) is 0 Å². The van der Waals surface area contributed by atoms with E-state index in [1.807, 2.05) is 13.8 Å². The predicted octanol–water partition coefficient (Wildman–Crippen LogP) is 0.660. The normalized spacial score (nSPS) is 22.6. The van der Waals surface area contributed by atoms with Gasteiger partial charge in [-0.25, -0.2) is 4.68 Å². The Hall–Kier alpha value is -2.48. The highest BCUT2D eigenvalue weighted by molar-refractivity contribution is 5.78. The molecule has 1 unspecified atom stereocenters. The number of rotatable bonds is 4. The quantitative estimate of drug-likeness (QED) is 0.885. The third-order valence-corrected chi connectivity index (χ3v) is 4.71. The van der Waals surface area contributed by atoms with Crippen molar-refractivity contribution in [3.05, 3.63) is 30.6 Å². The summed E-state index contributed by atoms with van der Waals surface area (Å²) < 4.78 is 7.09. The lowest BCUT2D eigenvalue weighted by atomic mass is 9.79. The molecule has 128 valence electrons. The lowest BCUT2D eigenvalue weighted by Crippen LogP contribution is -2.40. The van der Waals surface area contributed by atoms with E-state index in [0.717, 1.165) is 5.69 Å². The van der Waals surface area contributed by atoms with Crippen molar-refractivity contribution in [3.8, 4) is 11.4 Å². The summed E-state index contributed by atoms with van der Waals surface area (Å²) in [4.78, 5) is 14.0. The van der Waals surface area contributed by atoms with Crippen molar-refractivity contribution >= 4 is 5.91 Å². The van der Waals surface area contributed by atoms with Gasteiger partial charge in [-0.1, -0.05) is 13.8 Å². The van der Waals surface area contributed by atoms with Crippen LogP contribution in [0.25, 0.3) is 5.69 Å². The summed E-state index contributed by atoms with van der Waals surface area (Å²) >= 11 is 0. The molecule has 8 nitrogen and oxygen atoms in total. The molecule has 8 heteroatoms. The highest BCUT2D eigenvalue weighted by Gasteiger charge is 2.49. The van der Waals surface area contributed by atoms with Crippen LogP contribution < -0.4 is 4.74 Å². The van der Waals surface area contributed by atoms with Crippen LogP contribution in [-0.4, -0.2) is 61.4 Å². The fraction of sp³-hybridized carbons (Fsp3) is 0.500. The molecule has 1 N–H and O–H groups in total. The van der Waals surface area contributed by atoms with E-state index < -0.39 is 5.60 Å². The van der Waals surface area contributed by atoms with E-state index in [4.69, 9.17) is 4.74 Å². The number of amides is 1. The zero-order valence-electron chi connectivity index (χ0n) is 14.0. The van der Waals surface area contributed by atoms with Crippen LogP contribution in [-0.2, 0) is 4.79 Å². The topological polar surface area (TPSA) is 93.4 Å². The fourth-order valence-electron chi connectivity index (χ4n) is 2.68. The number of aromatic nitrogens is 4. The van der Waals surface area contributed by atoms with Gasteiger partial charge < -0.3 is 14.7 Å². The molecule has 1 saturated heterocycles. The van der Waals surface area contributed by atoms with Gasteiger partial charge in [0.25, 0.3) is 5.91 Å². The van der Waals surface area contributed by atoms with Gasteiger partial charge >= 0.3 is 0 Å². The van der Waals surface area contributed by atoms with Gasteiger partial charge in [-0.15, -0.1) is 5.10 Å². The molecule has 1 fully saturated rings. The van der Waals surface area contributed by atoms with Crippen LogP contribution >= 0.6 is 0 Å². The van der Waals surface area contributed by atoms with Crippen LogP contribution in [0.15, 0.2) is 30.6 Å². The molecular weight excluding hydrogens is 310 g/mol. The highest BCUT2D eigenvalue weighted by atomic mass is 16.5. The van der Waals surface area contributed by atoms with E-state index in [0.29, 0.717) is 18.8 Å². The summed E-state index contributed by atoms with van der Waals surface area (Å²) in [6.45, 7) is 6.45. The second-order valence-corrected chi connectivity index (χ2v) is 6.94. The first-order valence-electron chi connectivity index (χ1n) is 7.75. The Balaban J connectivity index is 1.57. The summed E-state index contributed by atoms with van der Waals surface area (Å²) in [5.41, 5.74) is -0.428. The summed E-state index contributed by atoms with van der Waals surface area (Å²) in [6, 6.07) is 7.13. The first-order chi connectivity index (χ1) is 11.3. The molecule has 2 heterocycles. The van der Waals surface area contributed by atoms with Crippen molar-refractivity contribution in [2.45, 2.75) is 26.4 Å². The SMILES string of the molecule is CC1(C)CN(C(=O)COc2ccc(-n3cnnn3)cc2)CC1(C)O. The van der Waals surface area contributed by atoms with Crippen LogP contribution in [0, 0.1) is 5.41 Å². The zero-order chi connectivity index (χ0) is 17.4. The number of tetrazole rings is 1. The minimum absolute atomic E-state index is 0.0591. The number of carbonyl (C=O) groups is 1. The molecule has 1 amide bonds. The maximum Gasteiger partial charge on any atom is 0.260 e. The number of nitrogens with zero attached hydrogens (tertiary/aromatic N) is 5. The lowest BCUT2D eigenvalue weighted by Gasteiger charge is -2.30. The highest BCUT2D eigenvalue weighted by Crippen LogP contribution is 2.38. The van der Waals surface area contributed by atoms with Crippen LogP contribution in [0.4, 0.5) is 0 Å². The molecule has 1 aromatic carbocycles. The third-order valence-electron chi connectivity index (χ3n) is 4.71. The number of ether oxygens (including phenoxy) is 1.